The van der Waals surface area contributed by atoms with Crippen LogP contribution in [0.5, 0.6) is 6.01 Å². The molecule has 3 heterocycles. The van der Waals surface area contributed by atoms with Crippen molar-refractivity contribution in [2.75, 3.05) is 27.4 Å². The highest BCUT2D eigenvalue weighted by Gasteiger charge is 2.31. The summed E-state index contributed by atoms with van der Waals surface area (Å²) in [5.41, 5.74) is -0.919. The molecule has 0 atom stereocenters. The minimum absolute atomic E-state index is 0.0223. The molecular weight excluding hydrogens is 418 g/mol. The van der Waals surface area contributed by atoms with Gasteiger partial charge >= 0.3 is 17.7 Å². The van der Waals surface area contributed by atoms with Gasteiger partial charge in [-0.2, -0.15) is 0 Å². The highest BCUT2D eigenvalue weighted by Crippen LogP contribution is 2.28. The molecule has 0 aromatic carbocycles. The van der Waals surface area contributed by atoms with Crippen molar-refractivity contribution < 1.29 is 32.4 Å². The van der Waals surface area contributed by atoms with Crippen LogP contribution in [0, 0.1) is 6.92 Å². The minimum Gasteiger partial charge on any atom is -0.471 e. The summed E-state index contributed by atoms with van der Waals surface area (Å²) in [5.74, 6) is -0.0223. The Morgan fingerprint density at radius 2 is 2.11 bits per heavy atom. The summed E-state index contributed by atoms with van der Waals surface area (Å²) in [5, 5.41) is 8.78. The van der Waals surface area contributed by atoms with Crippen LogP contribution in [0.4, 0.5) is 4.79 Å². The van der Waals surface area contributed by atoms with Crippen LogP contribution >= 0.6 is 11.3 Å². The van der Waals surface area contributed by atoms with Crippen LogP contribution in [-0.2, 0) is 19.6 Å². The average Bonchev–Trinajstić information content (AvgIpc) is 3.22. The van der Waals surface area contributed by atoms with Crippen molar-refractivity contribution in [3.05, 3.63) is 26.3 Å². The Labute approximate surface area is 162 Å². The van der Waals surface area contributed by atoms with Crippen molar-refractivity contribution in [3.63, 3.8) is 0 Å². The lowest BCUT2D eigenvalue weighted by molar-refractivity contribution is 0.0654. The van der Waals surface area contributed by atoms with Crippen molar-refractivity contribution in [2.24, 2.45) is 5.16 Å². The zero-order valence-corrected chi connectivity index (χ0v) is 16.5. The fourth-order valence-corrected chi connectivity index (χ4v) is 4.83. The molecule has 0 unspecified atom stereocenters. The number of aromatic nitrogens is 3. The first-order chi connectivity index (χ1) is 13.3. The van der Waals surface area contributed by atoms with Gasteiger partial charge in [-0.05, 0) is 12.1 Å². The molecule has 152 valence electrons. The van der Waals surface area contributed by atoms with Crippen molar-refractivity contribution in [1.29, 1.82) is 0 Å². The lowest BCUT2D eigenvalue weighted by Crippen LogP contribution is -2.41. The molecule has 2 aromatic heterocycles. The van der Waals surface area contributed by atoms with Gasteiger partial charge in [-0.15, -0.1) is 21.1 Å². The SMILES string of the molecule is COc1nn(C(=O)NS(=O)(=O)c2c(C3=NOCCO3)csc2C)c(=O)n1OC. The predicted octanol–water partition coefficient (Wildman–Crippen LogP) is -0.863. The van der Waals surface area contributed by atoms with Crippen LogP contribution in [0.1, 0.15) is 10.4 Å². The molecule has 1 aliphatic heterocycles. The Balaban J connectivity index is 1.97. The molecule has 0 spiro atoms. The molecule has 0 fully saturated rings. The summed E-state index contributed by atoms with van der Waals surface area (Å²) < 4.78 is 38.4. The molecule has 1 amide bonds. The second-order valence-electron chi connectivity index (χ2n) is 5.18. The van der Waals surface area contributed by atoms with E-state index in [9.17, 15) is 18.0 Å². The van der Waals surface area contributed by atoms with Gasteiger partial charge in [0.25, 0.3) is 15.9 Å². The van der Waals surface area contributed by atoms with E-state index in [-0.39, 0.29) is 40.3 Å². The summed E-state index contributed by atoms with van der Waals surface area (Å²) in [7, 11) is -2.05. The number of nitrogens with one attached hydrogen (secondary N) is 1. The van der Waals surface area contributed by atoms with Crippen LogP contribution < -0.4 is 20.0 Å². The van der Waals surface area contributed by atoms with Crippen molar-refractivity contribution in [1.82, 2.24) is 19.2 Å². The molecule has 0 saturated heterocycles. The summed E-state index contributed by atoms with van der Waals surface area (Å²) in [6, 6.07) is -1.66. The second-order valence-corrected chi connectivity index (χ2v) is 7.88. The van der Waals surface area contributed by atoms with Gasteiger partial charge in [-0.1, -0.05) is 4.73 Å². The van der Waals surface area contributed by atoms with Crippen LogP contribution in [0.3, 0.4) is 0 Å². The van der Waals surface area contributed by atoms with E-state index in [0.717, 1.165) is 18.4 Å². The predicted molar refractivity (Wildman–Crippen MR) is 94.2 cm³/mol. The van der Waals surface area contributed by atoms with Gasteiger partial charge in [0, 0.05) is 10.3 Å². The van der Waals surface area contributed by atoms with E-state index in [2.05, 4.69) is 10.3 Å². The largest absolute Gasteiger partial charge is 0.471 e. The number of ether oxygens (including phenoxy) is 2. The van der Waals surface area contributed by atoms with E-state index in [1.54, 1.807) is 11.6 Å². The molecule has 0 aliphatic carbocycles. The molecular formula is C13H15N5O8S2. The maximum atomic E-state index is 12.8. The molecule has 2 aromatic rings. The maximum absolute atomic E-state index is 12.8. The normalized spacial score (nSPS) is 13.9. The number of hydrogen-bond acceptors (Lipinski definition) is 11. The first kappa shape index (κ1) is 19.7. The molecule has 3 rings (SSSR count). The second kappa shape index (κ2) is 7.51. The first-order valence-corrected chi connectivity index (χ1v) is 9.95. The number of methoxy groups -OCH3 is 1. The van der Waals surface area contributed by atoms with Crippen LogP contribution in [0.2, 0.25) is 0 Å². The van der Waals surface area contributed by atoms with Crippen LogP contribution in [0.15, 0.2) is 20.2 Å². The van der Waals surface area contributed by atoms with Gasteiger partial charge in [0.2, 0.25) is 0 Å². The lowest BCUT2D eigenvalue weighted by Gasteiger charge is -2.14. The first-order valence-electron chi connectivity index (χ1n) is 7.59. The molecule has 0 saturated carbocycles. The number of carbonyl (C=O) groups is 1. The fraction of sp³-hybridized carbons (Fsp3) is 0.385. The third kappa shape index (κ3) is 3.40. The smallest absolute Gasteiger partial charge is 0.391 e. The molecule has 0 radical (unpaired) electrons. The van der Waals surface area contributed by atoms with Gasteiger partial charge in [0.1, 0.15) is 18.6 Å². The third-order valence-corrected chi connectivity index (χ3v) is 6.02. The zero-order chi connectivity index (χ0) is 20.5. The number of amides is 1. The number of aryl methyl sites for hydroxylation is 1. The Hall–Kier alpha value is -3.07. The van der Waals surface area contributed by atoms with Crippen LogP contribution in [0.25, 0.3) is 0 Å². The number of sulfonamides is 1. The number of oxime groups is 1. The fourth-order valence-electron chi connectivity index (χ4n) is 2.32. The molecule has 15 heteroatoms. The quantitative estimate of drug-likeness (QED) is 0.634. The Kier molecular flexibility index (Phi) is 5.28. The minimum atomic E-state index is -4.40. The summed E-state index contributed by atoms with van der Waals surface area (Å²) in [4.78, 5) is 34.3. The van der Waals surface area contributed by atoms with E-state index < -0.39 is 21.7 Å². The lowest BCUT2D eigenvalue weighted by atomic mass is 10.3. The summed E-state index contributed by atoms with van der Waals surface area (Å²) in [6.45, 7) is 1.98. The van der Waals surface area contributed by atoms with Crippen LogP contribution in [-0.4, -0.2) is 62.3 Å². The van der Waals surface area contributed by atoms with E-state index in [0.29, 0.717) is 9.61 Å². The van der Waals surface area contributed by atoms with Gasteiger partial charge in [-0.3, -0.25) is 0 Å². The van der Waals surface area contributed by atoms with E-state index in [1.807, 2.05) is 0 Å². The van der Waals surface area contributed by atoms with Gasteiger partial charge in [-0.25, -0.2) is 22.7 Å². The number of rotatable bonds is 5. The molecule has 1 aliphatic rings. The highest BCUT2D eigenvalue weighted by molar-refractivity contribution is 7.90. The average molecular weight is 433 g/mol. The van der Waals surface area contributed by atoms with Gasteiger partial charge in [0.05, 0.1) is 12.7 Å². The van der Waals surface area contributed by atoms with Crippen molar-refractivity contribution >= 4 is 33.3 Å². The van der Waals surface area contributed by atoms with E-state index in [4.69, 9.17) is 19.1 Å². The third-order valence-electron chi connectivity index (χ3n) is 3.47. The Morgan fingerprint density at radius 1 is 1.36 bits per heavy atom. The van der Waals surface area contributed by atoms with E-state index >= 15 is 0 Å². The van der Waals surface area contributed by atoms with E-state index in [1.165, 1.54) is 12.5 Å². The maximum Gasteiger partial charge on any atom is 0.391 e. The Morgan fingerprint density at radius 3 is 2.68 bits per heavy atom. The number of thiophene rings is 1. The standard InChI is InChI=1S/C13H15N5O8S2/c1-7-9(8(6-27-7)10-15-26-5-4-25-10)28(21,22)16-11(19)17-13(20)18(24-3)12(14-17)23-2/h6H,4-5H2,1-3H3,(H,16,19). The van der Waals surface area contributed by atoms with Crippen molar-refractivity contribution in [3.8, 4) is 6.01 Å². The summed E-state index contributed by atoms with van der Waals surface area (Å²) >= 11 is 1.12. The number of nitrogens with zero attached hydrogens (tertiary/aromatic N) is 4. The van der Waals surface area contributed by atoms with Gasteiger partial charge < -0.3 is 19.1 Å². The molecule has 28 heavy (non-hydrogen) atoms. The molecule has 1 N–H and O–H groups in total. The van der Waals surface area contributed by atoms with Gasteiger partial charge in [0.15, 0.2) is 6.61 Å². The number of hydrogen-bond donors (Lipinski definition) is 1. The molecule has 13 nitrogen and oxygen atoms in total. The Bertz CT molecular complexity index is 1100. The summed E-state index contributed by atoms with van der Waals surface area (Å²) in [6.07, 6.45) is 0. The zero-order valence-electron chi connectivity index (χ0n) is 14.9. The number of carbonyl (C=O) groups excluding carboxylic acids is 1. The van der Waals surface area contributed by atoms with Crippen molar-refractivity contribution in [2.45, 2.75) is 11.8 Å². The topological polar surface area (TPSA) is 152 Å². The highest BCUT2D eigenvalue weighted by atomic mass is 32.2. The molecule has 0 bridgehead atoms. The monoisotopic (exact) mass is 433 g/mol.